The largest absolute Gasteiger partial charge is 0.488 e. The van der Waals surface area contributed by atoms with Crippen LogP contribution in [0.1, 0.15) is 46.2 Å². The van der Waals surface area contributed by atoms with Gasteiger partial charge in [0.15, 0.2) is 0 Å². The van der Waals surface area contributed by atoms with E-state index >= 15 is 0 Å². The van der Waals surface area contributed by atoms with Crippen LogP contribution in [-0.2, 0) is 6.61 Å². The molecule has 3 nitrogen and oxygen atoms in total. The quantitative estimate of drug-likeness (QED) is 0.179. The van der Waals surface area contributed by atoms with E-state index in [1.54, 1.807) is 0 Å². The molecule has 40 heavy (non-hydrogen) atoms. The number of ether oxygens (including phenoxy) is 1. The SMILES string of the molecule is Cc1ccc(COc2ccc3ccccc3c2C=Nc2ccc([C@@H]3Nc4ccccc4[C@@H]4C=CC[C@@H]43)cc2)cc1. The lowest BCUT2D eigenvalue weighted by Crippen LogP contribution is -2.28. The summed E-state index contributed by atoms with van der Waals surface area (Å²) in [5.74, 6) is 1.85. The number of nitrogens with one attached hydrogen (secondary N) is 1. The molecular weight excluding hydrogens is 488 g/mol. The first kappa shape index (κ1) is 24.4. The number of hydrogen-bond donors (Lipinski definition) is 1. The number of nitrogens with zero attached hydrogens (tertiary/aromatic N) is 1. The molecule has 0 unspecified atom stereocenters. The van der Waals surface area contributed by atoms with E-state index in [0.29, 0.717) is 18.4 Å². The maximum Gasteiger partial charge on any atom is 0.129 e. The van der Waals surface area contributed by atoms with Gasteiger partial charge in [0.05, 0.1) is 11.7 Å². The van der Waals surface area contributed by atoms with E-state index in [4.69, 9.17) is 9.73 Å². The maximum absolute atomic E-state index is 6.32. The molecule has 196 valence electrons. The normalized spacial score (nSPS) is 19.4. The third kappa shape index (κ3) is 4.69. The van der Waals surface area contributed by atoms with Crippen molar-refractivity contribution in [2.45, 2.75) is 31.9 Å². The van der Waals surface area contributed by atoms with Crippen LogP contribution in [0.4, 0.5) is 11.4 Å². The first-order valence-corrected chi connectivity index (χ1v) is 14.1. The fourth-order valence-corrected chi connectivity index (χ4v) is 6.16. The van der Waals surface area contributed by atoms with Gasteiger partial charge in [-0.2, -0.15) is 0 Å². The summed E-state index contributed by atoms with van der Waals surface area (Å²) >= 11 is 0. The number of aliphatic imine (C=N–C) groups is 1. The number of fused-ring (bicyclic) bond motifs is 4. The topological polar surface area (TPSA) is 33.6 Å². The van der Waals surface area contributed by atoms with Crippen molar-refractivity contribution in [3.8, 4) is 5.75 Å². The smallest absolute Gasteiger partial charge is 0.129 e. The van der Waals surface area contributed by atoms with E-state index in [2.05, 4.69) is 134 Å². The van der Waals surface area contributed by atoms with E-state index < -0.39 is 0 Å². The lowest BCUT2D eigenvalue weighted by Gasteiger charge is -2.37. The molecule has 5 aromatic carbocycles. The number of allylic oxidation sites excluding steroid dienone is 2. The van der Waals surface area contributed by atoms with Gasteiger partial charge in [0, 0.05) is 23.4 Å². The Balaban J connectivity index is 1.15. The molecule has 5 aromatic rings. The molecule has 1 aliphatic heterocycles. The Hall–Kier alpha value is -4.63. The summed E-state index contributed by atoms with van der Waals surface area (Å²) < 4.78 is 6.32. The molecule has 1 aliphatic carbocycles. The second kappa shape index (κ2) is 10.5. The zero-order valence-electron chi connectivity index (χ0n) is 22.6. The molecule has 1 N–H and O–H groups in total. The average molecular weight is 521 g/mol. The van der Waals surface area contributed by atoms with E-state index in [-0.39, 0.29) is 6.04 Å². The average Bonchev–Trinajstić information content (AvgIpc) is 3.50. The number of rotatable bonds is 6. The molecule has 0 saturated heterocycles. The third-order valence-electron chi connectivity index (χ3n) is 8.31. The standard InChI is InChI=1S/C37H32N2O/c1-25-13-15-26(16-14-25)24-40-36-22-19-27-7-2-3-8-30(27)34(36)23-38-29-20-17-28(18-21-29)37-33-11-6-10-31(33)32-9-4-5-12-35(32)39-37/h2-10,12-23,31,33,37,39H,11,24H2,1H3/t31-,33-,37-/m0/s1. The molecule has 0 bridgehead atoms. The van der Waals surface area contributed by atoms with E-state index in [1.165, 1.54) is 27.8 Å². The van der Waals surface area contributed by atoms with Crippen molar-refractivity contribution in [3.05, 3.63) is 149 Å². The molecule has 0 saturated carbocycles. The Bertz CT molecular complexity index is 1720. The molecule has 2 aliphatic rings. The van der Waals surface area contributed by atoms with Crippen LogP contribution in [-0.4, -0.2) is 6.21 Å². The van der Waals surface area contributed by atoms with Gasteiger partial charge in [0.2, 0.25) is 0 Å². The summed E-state index contributed by atoms with van der Waals surface area (Å²) in [7, 11) is 0. The summed E-state index contributed by atoms with van der Waals surface area (Å²) in [6.45, 7) is 2.62. The zero-order valence-corrected chi connectivity index (χ0v) is 22.6. The molecule has 7 rings (SSSR count). The fraction of sp³-hybridized carbons (Fsp3) is 0.162. The van der Waals surface area contributed by atoms with Crippen LogP contribution in [0.15, 0.2) is 126 Å². The Morgan fingerprint density at radius 2 is 1.65 bits per heavy atom. The molecule has 0 spiro atoms. The number of para-hydroxylation sites is 1. The Labute approximate surface area is 235 Å². The van der Waals surface area contributed by atoms with Crippen LogP contribution in [0.25, 0.3) is 10.8 Å². The molecule has 0 aromatic heterocycles. The minimum absolute atomic E-state index is 0.285. The Kier molecular flexibility index (Phi) is 6.41. The summed E-state index contributed by atoms with van der Waals surface area (Å²) in [6.07, 6.45) is 7.78. The first-order valence-electron chi connectivity index (χ1n) is 14.1. The van der Waals surface area contributed by atoms with Gasteiger partial charge in [-0.15, -0.1) is 0 Å². The van der Waals surface area contributed by atoms with Crippen LogP contribution in [0.2, 0.25) is 0 Å². The van der Waals surface area contributed by atoms with Gasteiger partial charge in [0.25, 0.3) is 0 Å². The number of aryl methyl sites for hydroxylation is 1. The predicted octanol–water partition coefficient (Wildman–Crippen LogP) is 9.30. The fourth-order valence-electron chi connectivity index (χ4n) is 6.16. The molecular formula is C37H32N2O. The van der Waals surface area contributed by atoms with Crippen molar-refractivity contribution in [2.75, 3.05) is 5.32 Å². The second-order valence-corrected chi connectivity index (χ2v) is 10.9. The van der Waals surface area contributed by atoms with Gasteiger partial charge in [-0.1, -0.05) is 103 Å². The van der Waals surface area contributed by atoms with Crippen LogP contribution in [0.3, 0.4) is 0 Å². The molecule has 3 atom stereocenters. The summed E-state index contributed by atoms with van der Waals surface area (Å²) in [4.78, 5) is 4.90. The van der Waals surface area contributed by atoms with Crippen molar-refractivity contribution >= 4 is 28.4 Å². The van der Waals surface area contributed by atoms with Crippen LogP contribution < -0.4 is 10.1 Å². The number of benzene rings is 5. The first-order chi connectivity index (χ1) is 19.7. The van der Waals surface area contributed by atoms with E-state index in [1.807, 2.05) is 6.21 Å². The van der Waals surface area contributed by atoms with Gasteiger partial charge in [0.1, 0.15) is 12.4 Å². The monoisotopic (exact) mass is 520 g/mol. The van der Waals surface area contributed by atoms with Gasteiger partial charge < -0.3 is 10.1 Å². The van der Waals surface area contributed by atoms with E-state index in [9.17, 15) is 0 Å². The molecule has 0 fully saturated rings. The molecule has 1 heterocycles. The van der Waals surface area contributed by atoms with Crippen molar-refractivity contribution < 1.29 is 4.74 Å². The van der Waals surface area contributed by atoms with Crippen LogP contribution in [0.5, 0.6) is 5.75 Å². The highest BCUT2D eigenvalue weighted by Gasteiger charge is 2.37. The Morgan fingerprint density at radius 1 is 0.850 bits per heavy atom. The maximum atomic E-state index is 6.32. The van der Waals surface area contributed by atoms with Crippen molar-refractivity contribution in [3.63, 3.8) is 0 Å². The highest BCUT2D eigenvalue weighted by molar-refractivity contribution is 6.03. The lowest BCUT2D eigenvalue weighted by molar-refractivity contribution is 0.306. The molecule has 0 radical (unpaired) electrons. The summed E-state index contributed by atoms with van der Waals surface area (Å²) in [5, 5.41) is 6.13. The summed E-state index contributed by atoms with van der Waals surface area (Å²) in [6, 6.07) is 38.8. The van der Waals surface area contributed by atoms with Crippen molar-refractivity contribution in [1.82, 2.24) is 0 Å². The van der Waals surface area contributed by atoms with E-state index in [0.717, 1.165) is 34.4 Å². The highest BCUT2D eigenvalue weighted by Crippen LogP contribution is 2.49. The zero-order chi connectivity index (χ0) is 26.9. The second-order valence-electron chi connectivity index (χ2n) is 10.9. The minimum Gasteiger partial charge on any atom is -0.488 e. The molecule has 3 heteroatoms. The van der Waals surface area contributed by atoms with Gasteiger partial charge in [-0.05, 0) is 71.0 Å². The third-order valence-corrected chi connectivity index (χ3v) is 8.31. The van der Waals surface area contributed by atoms with Crippen LogP contribution in [0, 0.1) is 12.8 Å². The molecule has 0 amide bonds. The van der Waals surface area contributed by atoms with Gasteiger partial charge >= 0.3 is 0 Å². The van der Waals surface area contributed by atoms with Crippen molar-refractivity contribution in [2.24, 2.45) is 10.9 Å². The lowest BCUT2D eigenvalue weighted by atomic mass is 9.77. The van der Waals surface area contributed by atoms with Crippen LogP contribution >= 0.6 is 0 Å². The highest BCUT2D eigenvalue weighted by atomic mass is 16.5. The predicted molar refractivity (Wildman–Crippen MR) is 166 cm³/mol. The Morgan fingerprint density at radius 3 is 2.52 bits per heavy atom. The van der Waals surface area contributed by atoms with Gasteiger partial charge in [-0.25, -0.2) is 0 Å². The number of hydrogen-bond acceptors (Lipinski definition) is 3. The van der Waals surface area contributed by atoms with Gasteiger partial charge in [-0.3, -0.25) is 4.99 Å². The number of anilines is 1. The van der Waals surface area contributed by atoms with Crippen molar-refractivity contribution in [1.29, 1.82) is 0 Å². The minimum atomic E-state index is 0.285. The summed E-state index contributed by atoms with van der Waals surface area (Å²) in [5.41, 5.74) is 8.29.